The van der Waals surface area contributed by atoms with Crippen molar-refractivity contribution in [3.05, 3.63) is 15.6 Å². The van der Waals surface area contributed by atoms with Crippen LogP contribution < -0.4 is 5.32 Å². The van der Waals surface area contributed by atoms with Crippen molar-refractivity contribution >= 4 is 11.3 Å². The minimum atomic E-state index is 0.857. The predicted octanol–water partition coefficient (Wildman–Crippen LogP) is 1.65. The van der Waals surface area contributed by atoms with Crippen molar-refractivity contribution in [3.8, 4) is 0 Å². The molecule has 1 aliphatic rings. The zero-order chi connectivity index (χ0) is 12.8. The van der Waals surface area contributed by atoms with E-state index in [0.717, 1.165) is 52.4 Å². The number of rotatable bonds is 6. The summed E-state index contributed by atoms with van der Waals surface area (Å²) in [5.41, 5.74) is 1.27. The summed E-state index contributed by atoms with van der Waals surface area (Å²) in [6.07, 6.45) is 1.03. The zero-order valence-corrected chi connectivity index (χ0v) is 12.2. The highest BCUT2D eigenvalue weighted by Gasteiger charge is 2.15. The number of hydrogen-bond acceptors (Lipinski definition) is 5. The molecule has 1 aliphatic heterocycles. The fraction of sp³-hybridized carbons (Fsp3) is 0.769. The molecule has 102 valence electrons. The van der Waals surface area contributed by atoms with Gasteiger partial charge in [-0.25, -0.2) is 4.98 Å². The van der Waals surface area contributed by atoms with E-state index in [1.54, 1.807) is 0 Å². The molecule has 5 heteroatoms. The van der Waals surface area contributed by atoms with Crippen molar-refractivity contribution in [1.82, 2.24) is 15.2 Å². The number of aromatic nitrogens is 1. The Hall–Kier alpha value is -0.490. The van der Waals surface area contributed by atoms with Crippen LogP contribution in [0.3, 0.4) is 0 Å². The molecule has 0 saturated carbocycles. The summed E-state index contributed by atoms with van der Waals surface area (Å²) < 4.78 is 5.37. The van der Waals surface area contributed by atoms with E-state index in [0.29, 0.717) is 0 Å². The maximum absolute atomic E-state index is 5.37. The molecule has 1 fully saturated rings. The van der Waals surface area contributed by atoms with Crippen LogP contribution in [-0.2, 0) is 24.2 Å². The van der Waals surface area contributed by atoms with Gasteiger partial charge in [0.2, 0.25) is 0 Å². The van der Waals surface area contributed by atoms with Crippen LogP contribution in [0.1, 0.15) is 29.4 Å². The van der Waals surface area contributed by atoms with Gasteiger partial charge in [-0.2, -0.15) is 0 Å². The summed E-state index contributed by atoms with van der Waals surface area (Å²) in [5, 5.41) is 4.64. The van der Waals surface area contributed by atoms with Crippen LogP contribution in [0.15, 0.2) is 0 Å². The Balaban J connectivity index is 1.96. The molecule has 1 N–H and O–H groups in total. The Morgan fingerprint density at radius 2 is 2.11 bits per heavy atom. The first-order chi connectivity index (χ1) is 8.83. The van der Waals surface area contributed by atoms with Crippen molar-refractivity contribution in [3.63, 3.8) is 0 Å². The van der Waals surface area contributed by atoms with E-state index in [4.69, 9.17) is 9.72 Å². The van der Waals surface area contributed by atoms with Crippen LogP contribution >= 0.6 is 11.3 Å². The van der Waals surface area contributed by atoms with Crippen molar-refractivity contribution in [1.29, 1.82) is 0 Å². The number of aryl methyl sites for hydroxylation is 1. The SMILES string of the molecule is CCNCc1sc(CN2CCOCC2)nc1CC. The summed E-state index contributed by atoms with van der Waals surface area (Å²) in [6, 6.07) is 0. The van der Waals surface area contributed by atoms with Crippen LogP contribution in [0.25, 0.3) is 0 Å². The standard InChI is InChI=1S/C13H23N3OS/c1-3-11-12(9-14-4-2)18-13(15-11)10-16-5-7-17-8-6-16/h14H,3-10H2,1-2H3. The number of morpholine rings is 1. The smallest absolute Gasteiger partial charge is 0.107 e. The van der Waals surface area contributed by atoms with Gasteiger partial charge in [0.15, 0.2) is 0 Å². The molecule has 0 bridgehead atoms. The van der Waals surface area contributed by atoms with Gasteiger partial charge in [0.1, 0.15) is 5.01 Å². The van der Waals surface area contributed by atoms with Crippen molar-refractivity contribution in [2.75, 3.05) is 32.8 Å². The maximum Gasteiger partial charge on any atom is 0.107 e. The van der Waals surface area contributed by atoms with Gasteiger partial charge in [-0.1, -0.05) is 13.8 Å². The molecular weight excluding hydrogens is 246 g/mol. The molecule has 1 aromatic rings. The molecule has 4 nitrogen and oxygen atoms in total. The van der Waals surface area contributed by atoms with Crippen LogP contribution in [-0.4, -0.2) is 42.7 Å². The molecule has 0 aromatic carbocycles. The van der Waals surface area contributed by atoms with Crippen LogP contribution in [0, 0.1) is 0 Å². The molecule has 18 heavy (non-hydrogen) atoms. The Bertz CT molecular complexity index is 361. The van der Waals surface area contributed by atoms with Gasteiger partial charge < -0.3 is 10.1 Å². The number of nitrogens with zero attached hydrogens (tertiary/aromatic N) is 2. The normalized spacial score (nSPS) is 17.2. The largest absolute Gasteiger partial charge is 0.379 e. The summed E-state index contributed by atoms with van der Waals surface area (Å²) in [5.74, 6) is 0. The summed E-state index contributed by atoms with van der Waals surface area (Å²) in [6.45, 7) is 11.1. The van der Waals surface area contributed by atoms with Crippen LogP contribution in [0.4, 0.5) is 0 Å². The Morgan fingerprint density at radius 1 is 1.33 bits per heavy atom. The van der Waals surface area contributed by atoms with E-state index in [1.807, 2.05) is 11.3 Å². The highest BCUT2D eigenvalue weighted by atomic mass is 32.1. The van der Waals surface area contributed by atoms with Gasteiger partial charge in [-0.05, 0) is 13.0 Å². The van der Waals surface area contributed by atoms with Gasteiger partial charge in [0.25, 0.3) is 0 Å². The van der Waals surface area contributed by atoms with Gasteiger partial charge in [0, 0.05) is 24.5 Å². The van der Waals surface area contributed by atoms with Gasteiger partial charge in [-0.15, -0.1) is 11.3 Å². The van der Waals surface area contributed by atoms with Gasteiger partial charge >= 0.3 is 0 Å². The average Bonchev–Trinajstić information content (AvgIpc) is 2.79. The molecule has 0 aliphatic carbocycles. The molecule has 2 heterocycles. The maximum atomic E-state index is 5.37. The first-order valence-corrected chi connectivity index (χ1v) is 7.63. The number of hydrogen-bond donors (Lipinski definition) is 1. The first-order valence-electron chi connectivity index (χ1n) is 6.81. The number of ether oxygens (including phenoxy) is 1. The van der Waals surface area contributed by atoms with E-state index >= 15 is 0 Å². The lowest BCUT2D eigenvalue weighted by atomic mass is 10.3. The molecule has 0 amide bonds. The summed E-state index contributed by atoms with van der Waals surface area (Å²) in [4.78, 5) is 8.61. The summed E-state index contributed by atoms with van der Waals surface area (Å²) >= 11 is 1.86. The fourth-order valence-electron chi connectivity index (χ4n) is 2.11. The van der Waals surface area contributed by atoms with E-state index in [9.17, 15) is 0 Å². The molecule has 1 aromatic heterocycles. The van der Waals surface area contributed by atoms with Crippen molar-refractivity contribution in [2.45, 2.75) is 33.4 Å². The molecule has 0 unspecified atom stereocenters. The summed E-state index contributed by atoms with van der Waals surface area (Å²) in [7, 11) is 0. The lowest BCUT2D eigenvalue weighted by molar-refractivity contribution is 0.0341. The van der Waals surface area contributed by atoms with Crippen LogP contribution in [0.2, 0.25) is 0 Å². The Labute approximate surface area is 113 Å². The third-order valence-electron chi connectivity index (χ3n) is 3.16. The molecule has 0 atom stereocenters. The number of nitrogens with one attached hydrogen (secondary N) is 1. The van der Waals surface area contributed by atoms with Gasteiger partial charge in [-0.3, -0.25) is 4.90 Å². The minimum absolute atomic E-state index is 0.857. The third-order valence-corrected chi connectivity index (χ3v) is 4.24. The second kappa shape index (κ2) is 7.19. The van der Waals surface area contributed by atoms with Gasteiger partial charge in [0.05, 0.1) is 25.5 Å². The first kappa shape index (κ1) is 13.9. The topological polar surface area (TPSA) is 37.4 Å². The van der Waals surface area contributed by atoms with Crippen molar-refractivity contribution in [2.24, 2.45) is 0 Å². The quantitative estimate of drug-likeness (QED) is 0.852. The molecular formula is C13H23N3OS. The molecule has 0 radical (unpaired) electrons. The second-order valence-electron chi connectivity index (χ2n) is 4.50. The zero-order valence-electron chi connectivity index (χ0n) is 11.4. The second-order valence-corrected chi connectivity index (χ2v) is 5.67. The van der Waals surface area contributed by atoms with Crippen LogP contribution in [0.5, 0.6) is 0 Å². The molecule has 2 rings (SSSR count). The number of thiazole rings is 1. The van der Waals surface area contributed by atoms with E-state index in [2.05, 4.69) is 24.1 Å². The van der Waals surface area contributed by atoms with Crippen molar-refractivity contribution < 1.29 is 4.74 Å². The highest BCUT2D eigenvalue weighted by Crippen LogP contribution is 2.21. The van der Waals surface area contributed by atoms with E-state index < -0.39 is 0 Å². The highest BCUT2D eigenvalue weighted by molar-refractivity contribution is 7.11. The lowest BCUT2D eigenvalue weighted by Gasteiger charge is -2.25. The molecule has 1 saturated heterocycles. The molecule has 0 spiro atoms. The van der Waals surface area contributed by atoms with E-state index in [1.165, 1.54) is 15.6 Å². The fourth-order valence-corrected chi connectivity index (χ4v) is 3.28. The monoisotopic (exact) mass is 269 g/mol. The Morgan fingerprint density at radius 3 is 2.78 bits per heavy atom. The average molecular weight is 269 g/mol. The van der Waals surface area contributed by atoms with E-state index in [-0.39, 0.29) is 0 Å². The predicted molar refractivity (Wildman–Crippen MR) is 75.0 cm³/mol. The Kier molecular flexibility index (Phi) is 5.56. The minimum Gasteiger partial charge on any atom is -0.379 e. The third kappa shape index (κ3) is 3.75. The lowest BCUT2D eigenvalue weighted by Crippen LogP contribution is -2.35.